The van der Waals surface area contributed by atoms with E-state index < -0.39 is 5.82 Å². The van der Waals surface area contributed by atoms with Crippen LogP contribution in [0.15, 0.2) is 24.3 Å². The molecule has 1 heterocycles. The summed E-state index contributed by atoms with van der Waals surface area (Å²) in [6.45, 7) is 3.59. The molecule has 1 aliphatic rings. The number of nitrogens with one attached hydrogen (secondary N) is 1. The molecular formula is C15H19FN2O2. The monoisotopic (exact) mass is 278 g/mol. The highest BCUT2D eigenvalue weighted by Crippen LogP contribution is 2.19. The maximum Gasteiger partial charge on any atom is 0.253 e. The lowest BCUT2D eigenvalue weighted by Gasteiger charge is -2.31. The van der Waals surface area contributed by atoms with Crippen LogP contribution in [-0.2, 0) is 4.79 Å². The van der Waals surface area contributed by atoms with Gasteiger partial charge in [-0.05, 0) is 38.0 Å². The largest absolute Gasteiger partial charge is 0.356 e. The van der Waals surface area contributed by atoms with Gasteiger partial charge in [0, 0.05) is 31.1 Å². The first-order valence-corrected chi connectivity index (χ1v) is 6.94. The van der Waals surface area contributed by atoms with E-state index in [1.807, 2.05) is 6.92 Å². The summed E-state index contributed by atoms with van der Waals surface area (Å²) in [5.74, 6) is -0.538. The minimum absolute atomic E-state index is 0.0218. The highest BCUT2D eigenvalue weighted by molar-refractivity contribution is 5.94. The van der Waals surface area contributed by atoms with Crippen LogP contribution >= 0.6 is 0 Å². The van der Waals surface area contributed by atoms with Gasteiger partial charge in [0.1, 0.15) is 5.82 Å². The Labute approximate surface area is 118 Å². The average molecular weight is 278 g/mol. The number of piperidine rings is 1. The predicted octanol–water partition coefficient (Wildman–Crippen LogP) is 1.81. The molecule has 2 rings (SSSR count). The lowest BCUT2D eigenvalue weighted by Crippen LogP contribution is -2.43. The minimum atomic E-state index is -0.409. The maximum absolute atomic E-state index is 13.1. The molecule has 1 saturated heterocycles. The van der Waals surface area contributed by atoms with Crippen LogP contribution in [0.4, 0.5) is 4.39 Å². The summed E-state index contributed by atoms with van der Waals surface area (Å²) in [6, 6.07) is 5.71. The minimum Gasteiger partial charge on any atom is -0.356 e. The van der Waals surface area contributed by atoms with Gasteiger partial charge < -0.3 is 10.2 Å². The zero-order valence-corrected chi connectivity index (χ0v) is 11.6. The van der Waals surface area contributed by atoms with E-state index in [0.29, 0.717) is 38.0 Å². The zero-order valence-electron chi connectivity index (χ0n) is 11.6. The van der Waals surface area contributed by atoms with E-state index in [-0.39, 0.29) is 17.7 Å². The van der Waals surface area contributed by atoms with Crippen molar-refractivity contribution >= 4 is 11.8 Å². The van der Waals surface area contributed by atoms with Gasteiger partial charge in [-0.3, -0.25) is 9.59 Å². The van der Waals surface area contributed by atoms with Crippen LogP contribution in [0.5, 0.6) is 0 Å². The number of halogens is 1. The number of benzene rings is 1. The fourth-order valence-electron chi connectivity index (χ4n) is 2.47. The number of hydrogen-bond donors (Lipinski definition) is 1. The Bertz CT molecular complexity index is 496. The number of carbonyl (C=O) groups is 2. The molecule has 4 nitrogen and oxygen atoms in total. The standard InChI is InChI=1S/C15H19FN2O2/c1-2-17-14(19)11-6-8-18(9-7-11)15(20)12-4-3-5-13(16)10-12/h3-5,10-11H,2,6-9H2,1H3,(H,17,19). The summed E-state index contributed by atoms with van der Waals surface area (Å²) >= 11 is 0. The third-order valence-corrected chi connectivity index (χ3v) is 3.58. The van der Waals surface area contributed by atoms with Crippen LogP contribution in [0.25, 0.3) is 0 Å². The first kappa shape index (κ1) is 14.5. The molecule has 1 aromatic carbocycles. The highest BCUT2D eigenvalue weighted by atomic mass is 19.1. The third kappa shape index (κ3) is 3.35. The molecule has 1 aromatic rings. The first-order valence-electron chi connectivity index (χ1n) is 6.94. The van der Waals surface area contributed by atoms with Gasteiger partial charge in [0.15, 0.2) is 0 Å². The van der Waals surface area contributed by atoms with E-state index >= 15 is 0 Å². The van der Waals surface area contributed by atoms with Crippen molar-refractivity contribution in [1.82, 2.24) is 10.2 Å². The SMILES string of the molecule is CCNC(=O)C1CCN(C(=O)c2cccc(F)c2)CC1. The van der Waals surface area contributed by atoms with Crippen LogP contribution in [0.3, 0.4) is 0 Å². The van der Waals surface area contributed by atoms with Gasteiger partial charge >= 0.3 is 0 Å². The Morgan fingerprint density at radius 3 is 2.65 bits per heavy atom. The number of carbonyl (C=O) groups excluding carboxylic acids is 2. The smallest absolute Gasteiger partial charge is 0.253 e. The Morgan fingerprint density at radius 2 is 2.05 bits per heavy atom. The van der Waals surface area contributed by atoms with Gasteiger partial charge in [-0.15, -0.1) is 0 Å². The molecule has 0 aliphatic carbocycles. The molecule has 0 radical (unpaired) electrons. The third-order valence-electron chi connectivity index (χ3n) is 3.58. The van der Waals surface area contributed by atoms with Crippen molar-refractivity contribution in [2.45, 2.75) is 19.8 Å². The van der Waals surface area contributed by atoms with Crippen LogP contribution in [0, 0.1) is 11.7 Å². The fraction of sp³-hybridized carbons (Fsp3) is 0.467. The number of hydrogen-bond acceptors (Lipinski definition) is 2. The Hall–Kier alpha value is -1.91. The van der Waals surface area contributed by atoms with Gasteiger partial charge in [0.25, 0.3) is 5.91 Å². The van der Waals surface area contributed by atoms with Crippen molar-refractivity contribution in [2.75, 3.05) is 19.6 Å². The van der Waals surface area contributed by atoms with E-state index in [4.69, 9.17) is 0 Å². The fourth-order valence-corrected chi connectivity index (χ4v) is 2.47. The highest BCUT2D eigenvalue weighted by Gasteiger charge is 2.27. The molecule has 0 bridgehead atoms. The lowest BCUT2D eigenvalue weighted by atomic mass is 9.95. The predicted molar refractivity (Wildman–Crippen MR) is 73.7 cm³/mol. The summed E-state index contributed by atoms with van der Waals surface area (Å²) < 4.78 is 13.1. The zero-order chi connectivity index (χ0) is 14.5. The topological polar surface area (TPSA) is 49.4 Å². The van der Waals surface area contributed by atoms with E-state index in [9.17, 15) is 14.0 Å². The molecule has 0 aromatic heterocycles. The molecule has 1 fully saturated rings. The van der Waals surface area contributed by atoms with Crippen molar-refractivity contribution in [3.05, 3.63) is 35.6 Å². The molecule has 0 saturated carbocycles. The Balaban J connectivity index is 1.93. The van der Waals surface area contributed by atoms with Gasteiger partial charge in [-0.25, -0.2) is 4.39 Å². The molecule has 2 amide bonds. The Morgan fingerprint density at radius 1 is 1.35 bits per heavy atom. The molecule has 5 heteroatoms. The second kappa shape index (κ2) is 6.50. The number of nitrogens with zero attached hydrogens (tertiary/aromatic N) is 1. The average Bonchev–Trinajstić information content (AvgIpc) is 2.47. The molecule has 108 valence electrons. The summed E-state index contributed by atoms with van der Waals surface area (Å²) in [4.78, 5) is 25.6. The molecule has 0 unspecified atom stereocenters. The second-order valence-electron chi connectivity index (χ2n) is 4.97. The Kier molecular flexibility index (Phi) is 4.71. The van der Waals surface area contributed by atoms with Gasteiger partial charge in [0.05, 0.1) is 0 Å². The maximum atomic E-state index is 13.1. The van der Waals surface area contributed by atoms with Crippen LogP contribution in [0.1, 0.15) is 30.1 Å². The van der Waals surface area contributed by atoms with Crippen molar-refractivity contribution in [3.8, 4) is 0 Å². The summed E-state index contributed by atoms with van der Waals surface area (Å²) in [5, 5.41) is 2.81. The van der Waals surface area contributed by atoms with Crippen molar-refractivity contribution < 1.29 is 14.0 Å². The number of rotatable bonds is 3. The molecule has 1 N–H and O–H groups in total. The number of amides is 2. The molecule has 20 heavy (non-hydrogen) atoms. The van der Waals surface area contributed by atoms with Gasteiger partial charge in [-0.1, -0.05) is 6.07 Å². The molecular weight excluding hydrogens is 259 g/mol. The molecule has 0 atom stereocenters. The van der Waals surface area contributed by atoms with E-state index in [1.54, 1.807) is 11.0 Å². The van der Waals surface area contributed by atoms with Crippen LogP contribution < -0.4 is 5.32 Å². The second-order valence-corrected chi connectivity index (χ2v) is 4.97. The molecule has 1 aliphatic heterocycles. The summed E-state index contributed by atoms with van der Waals surface area (Å²) in [6.07, 6.45) is 1.32. The van der Waals surface area contributed by atoms with Crippen molar-refractivity contribution in [1.29, 1.82) is 0 Å². The van der Waals surface area contributed by atoms with Crippen molar-refractivity contribution in [3.63, 3.8) is 0 Å². The van der Waals surface area contributed by atoms with Gasteiger partial charge in [0.2, 0.25) is 5.91 Å². The first-order chi connectivity index (χ1) is 9.61. The quantitative estimate of drug-likeness (QED) is 0.916. The van der Waals surface area contributed by atoms with E-state index in [1.165, 1.54) is 18.2 Å². The van der Waals surface area contributed by atoms with Gasteiger partial charge in [-0.2, -0.15) is 0 Å². The van der Waals surface area contributed by atoms with Crippen LogP contribution in [-0.4, -0.2) is 36.3 Å². The molecule has 0 spiro atoms. The summed E-state index contributed by atoms with van der Waals surface area (Å²) in [7, 11) is 0. The summed E-state index contributed by atoms with van der Waals surface area (Å²) in [5.41, 5.74) is 0.362. The van der Waals surface area contributed by atoms with Crippen molar-refractivity contribution in [2.24, 2.45) is 5.92 Å². The number of likely N-dealkylation sites (tertiary alicyclic amines) is 1. The van der Waals surface area contributed by atoms with Crippen LogP contribution in [0.2, 0.25) is 0 Å². The van der Waals surface area contributed by atoms with E-state index in [2.05, 4.69) is 5.32 Å². The lowest BCUT2D eigenvalue weighted by molar-refractivity contribution is -0.126. The van der Waals surface area contributed by atoms with E-state index in [0.717, 1.165) is 0 Å². The normalized spacial score (nSPS) is 16.0.